The molecule has 0 radical (unpaired) electrons. The molecule has 1 amide bonds. The van der Waals surface area contributed by atoms with Crippen LogP contribution in [-0.4, -0.2) is 59.4 Å². The normalized spacial score (nSPS) is 19.8. The van der Waals surface area contributed by atoms with E-state index >= 15 is 0 Å². The Morgan fingerprint density at radius 2 is 2.06 bits per heavy atom. The van der Waals surface area contributed by atoms with Gasteiger partial charge in [-0.05, 0) is 57.9 Å². The van der Waals surface area contributed by atoms with Gasteiger partial charge in [0.2, 0.25) is 5.91 Å². The first-order chi connectivity index (χ1) is 14.8. The van der Waals surface area contributed by atoms with Gasteiger partial charge >= 0.3 is 0 Å². The lowest BCUT2D eigenvalue weighted by Gasteiger charge is -2.38. The number of fused-ring (bicyclic) bond motifs is 1. The Labute approximate surface area is 183 Å². The average Bonchev–Trinajstić information content (AvgIpc) is 2.77. The van der Waals surface area contributed by atoms with Crippen LogP contribution in [0.4, 0.5) is 10.2 Å². The monoisotopic (exact) mass is 425 g/mol. The molecule has 1 aromatic carbocycles. The number of carbonyl (C=O) groups excluding carboxylic acids is 1. The molecule has 0 saturated carbocycles. The van der Waals surface area contributed by atoms with Gasteiger partial charge in [0.25, 0.3) is 0 Å². The number of halogens is 1. The molecule has 1 N–H and O–H groups in total. The van der Waals surface area contributed by atoms with Crippen LogP contribution >= 0.6 is 0 Å². The molecule has 0 bridgehead atoms. The highest BCUT2D eigenvalue weighted by molar-refractivity contribution is 5.87. The molecule has 1 atom stereocenters. The highest BCUT2D eigenvalue weighted by atomic mass is 19.1. The van der Waals surface area contributed by atoms with Gasteiger partial charge < -0.3 is 15.1 Å². The zero-order valence-corrected chi connectivity index (χ0v) is 18.9. The summed E-state index contributed by atoms with van der Waals surface area (Å²) in [5.74, 6) is 1.54. The second-order valence-electron chi connectivity index (χ2n) is 9.32. The number of likely N-dealkylation sites (tertiary alicyclic amines) is 1. The van der Waals surface area contributed by atoms with Crippen molar-refractivity contribution < 1.29 is 9.18 Å². The van der Waals surface area contributed by atoms with Gasteiger partial charge in [-0.15, -0.1) is 0 Å². The van der Waals surface area contributed by atoms with E-state index in [1.54, 1.807) is 6.07 Å². The summed E-state index contributed by atoms with van der Waals surface area (Å²) in [5, 5.41) is 3.25. The molecule has 1 fully saturated rings. The Hall–Kier alpha value is -2.54. The molecular formula is C24H32FN5O. The van der Waals surface area contributed by atoms with Crippen LogP contribution in [0, 0.1) is 5.82 Å². The van der Waals surface area contributed by atoms with E-state index in [1.165, 1.54) is 17.7 Å². The molecule has 4 rings (SSSR count). The van der Waals surface area contributed by atoms with Crippen LogP contribution in [0.2, 0.25) is 0 Å². The van der Waals surface area contributed by atoms with Crippen LogP contribution in [-0.2, 0) is 23.2 Å². The van der Waals surface area contributed by atoms with E-state index in [9.17, 15) is 9.18 Å². The molecular weight excluding hydrogens is 393 g/mol. The van der Waals surface area contributed by atoms with Crippen LogP contribution < -0.4 is 5.32 Å². The molecule has 6 nitrogen and oxygen atoms in total. The Balaban J connectivity index is 1.57. The third kappa shape index (κ3) is 4.28. The number of amides is 1. The topological polar surface area (TPSA) is 61.4 Å². The summed E-state index contributed by atoms with van der Waals surface area (Å²) in [6.45, 7) is 6.87. The Kier molecular flexibility index (Phi) is 5.97. The fourth-order valence-electron chi connectivity index (χ4n) is 4.74. The largest absolute Gasteiger partial charge is 0.373 e. The maximum atomic E-state index is 13.8. The van der Waals surface area contributed by atoms with Gasteiger partial charge in [-0.25, -0.2) is 14.4 Å². The predicted octanol–water partition coefficient (Wildman–Crippen LogP) is 3.33. The summed E-state index contributed by atoms with van der Waals surface area (Å²) >= 11 is 0. The van der Waals surface area contributed by atoms with Crippen molar-refractivity contribution in [3.05, 3.63) is 52.7 Å². The van der Waals surface area contributed by atoms with Crippen molar-refractivity contribution in [3.8, 4) is 0 Å². The van der Waals surface area contributed by atoms with E-state index in [1.807, 2.05) is 31.9 Å². The number of anilines is 1. The number of aromatic nitrogens is 2. The van der Waals surface area contributed by atoms with E-state index in [0.29, 0.717) is 18.7 Å². The molecule has 3 heterocycles. The van der Waals surface area contributed by atoms with Crippen molar-refractivity contribution in [2.24, 2.45) is 0 Å². The average molecular weight is 426 g/mol. The highest BCUT2D eigenvalue weighted by Crippen LogP contribution is 2.33. The Bertz CT molecular complexity index is 976. The molecule has 7 heteroatoms. The zero-order valence-electron chi connectivity index (χ0n) is 18.9. The van der Waals surface area contributed by atoms with E-state index in [2.05, 4.69) is 17.3 Å². The van der Waals surface area contributed by atoms with Gasteiger partial charge in [-0.2, -0.15) is 0 Å². The molecule has 0 unspecified atom stereocenters. The maximum absolute atomic E-state index is 13.8. The molecule has 166 valence electrons. The number of likely N-dealkylation sites (N-methyl/N-ethyl adjacent to an activating group) is 1. The molecule has 0 spiro atoms. The quantitative estimate of drug-likeness (QED) is 0.814. The van der Waals surface area contributed by atoms with E-state index in [0.717, 1.165) is 49.7 Å². The molecule has 2 aliphatic heterocycles. The number of nitrogens with zero attached hydrogens (tertiary/aromatic N) is 4. The minimum atomic E-state index is -0.792. The van der Waals surface area contributed by atoms with Crippen LogP contribution in [0.5, 0.6) is 0 Å². The van der Waals surface area contributed by atoms with E-state index in [-0.39, 0.29) is 17.6 Å². The van der Waals surface area contributed by atoms with Gasteiger partial charge in [-0.1, -0.05) is 12.1 Å². The molecule has 2 aromatic rings. The second-order valence-corrected chi connectivity index (χ2v) is 9.32. The van der Waals surface area contributed by atoms with Gasteiger partial charge in [0.05, 0.1) is 11.1 Å². The lowest BCUT2D eigenvalue weighted by atomic mass is 9.82. The summed E-state index contributed by atoms with van der Waals surface area (Å²) in [7, 11) is 4.02. The second kappa shape index (κ2) is 8.54. The highest BCUT2D eigenvalue weighted by Gasteiger charge is 2.37. The van der Waals surface area contributed by atoms with Crippen LogP contribution in [0.25, 0.3) is 0 Å². The van der Waals surface area contributed by atoms with Gasteiger partial charge in [0.15, 0.2) is 0 Å². The fourth-order valence-corrected chi connectivity index (χ4v) is 4.74. The lowest BCUT2D eigenvalue weighted by molar-refractivity contribution is -0.137. The fraction of sp³-hybridized carbons (Fsp3) is 0.542. The van der Waals surface area contributed by atoms with Crippen LogP contribution in [0.15, 0.2) is 24.3 Å². The minimum absolute atomic E-state index is 0.0225. The smallest absolute Gasteiger partial charge is 0.232 e. The third-order valence-electron chi connectivity index (χ3n) is 6.66. The van der Waals surface area contributed by atoms with Crippen molar-refractivity contribution in [2.75, 3.05) is 39.0 Å². The summed E-state index contributed by atoms with van der Waals surface area (Å²) in [6.07, 6.45) is 2.81. The number of rotatable bonds is 4. The minimum Gasteiger partial charge on any atom is -0.373 e. The van der Waals surface area contributed by atoms with Crippen molar-refractivity contribution in [3.63, 3.8) is 0 Å². The summed E-state index contributed by atoms with van der Waals surface area (Å²) < 4.78 is 13.8. The summed E-state index contributed by atoms with van der Waals surface area (Å²) in [4.78, 5) is 27.4. The van der Waals surface area contributed by atoms with Gasteiger partial charge in [-0.3, -0.25) is 4.79 Å². The van der Waals surface area contributed by atoms with Crippen molar-refractivity contribution in [2.45, 2.75) is 51.0 Å². The van der Waals surface area contributed by atoms with E-state index in [4.69, 9.17) is 9.97 Å². The predicted molar refractivity (Wildman–Crippen MR) is 120 cm³/mol. The standard InChI is InChI=1S/C24H32FN5O/c1-24(2,17-8-5-9-18(25)13-17)23(31)30-11-6-7-16(14-30)21-27-20-15-29(4)12-10-19(20)22(26-3)28-21/h5,8-9,13,16H,6-7,10-12,14-15H2,1-4H3,(H,26,27,28)/t16-/m1/s1. The number of carbonyl (C=O) groups is 1. The van der Waals surface area contributed by atoms with Crippen molar-refractivity contribution in [1.82, 2.24) is 19.8 Å². The molecule has 31 heavy (non-hydrogen) atoms. The first-order valence-corrected chi connectivity index (χ1v) is 11.1. The zero-order chi connectivity index (χ0) is 22.2. The third-order valence-corrected chi connectivity index (χ3v) is 6.66. The Morgan fingerprint density at radius 3 is 2.81 bits per heavy atom. The number of hydrogen-bond donors (Lipinski definition) is 1. The number of hydrogen-bond acceptors (Lipinski definition) is 5. The van der Waals surface area contributed by atoms with Crippen LogP contribution in [0.1, 0.15) is 55.3 Å². The SMILES string of the molecule is CNc1nc([C@@H]2CCCN(C(=O)C(C)(C)c3cccc(F)c3)C2)nc2c1CCN(C)C2. The number of piperidine rings is 1. The van der Waals surface area contributed by atoms with Crippen molar-refractivity contribution in [1.29, 1.82) is 0 Å². The number of benzene rings is 1. The molecule has 2 aliphatic rings. The summed E-state index contributed by atoms with van der Waals surface area (Å²) in [6, 6.07) is 6.35. The molecule has 1 saturated heterocycles. The maximum Gasteiger partial charge on any atom is 0.232 e. The molecule has 0 aliphatic carbocycles. The Morgan fingerprint density at radius 1 is 1.26 bits per heavy atom. The van der Waals surface area contributed by atoms with E-state index < -0.39 is 5.41 Å². The van der Waals surface area contributed by atoms with Crippen LogP contribution in [0.3, 0.4) is 0 Å². The lowest BCUT2D eigenvalue weighted by Crippen LogP contribution is -2.47. The van der Waals surface area contributed by atoms with Crippen molar-refractivity contribution >= 4 is 11.7 Å². The van der Waals surface area contributed by atoms with Gasteiger partial charge in [0.1, 0.15) is 17.5 Å². The first kappa shape index (κ1) is 21.7. The summed E-state index contributed by atoms with van der Waals surface area (Å²) in [5.41, 5.74) is 2.21. The van der Waals surface area contributed by atoms with Gasteiger partial charge in [0, 0.05) is 44.7 Å². The molecule has 1 aromatic heterocycles. The first-order valence-electron chi connectivity index (χ1n) is 11.1. The number of nitrogens with one attached hydrogen (secondary N) is 1.